The number of nitrogens with zero attached hydrogens (tertiary/aromatic N) is 1. The third kappa shape index (κ3) is 3.63. The quantitative estimate of drug-likeness (QED) is 0.329. The van der Waals surface area contributed by atoms with Crippen molar-refractivity contribution in [3.63, 3.8) is 0 Å². The molecule has 0 bridgehead atoms. The summed E-state index contributed by atoms with van der Waals surface area (Å²) in [5.41, 5.74) is 5.36. The topological polar surface area (TPSA) is 12.9 Å². The second kappa shape index (κ2) is 8.34. The van der Waals surface area contributed by atoms with Gasteiger partial charge in [-0.15, -0.1) is 0 Å². The zero-order chi connectivity index (χ0) is 20.9. The zero-order valence-electron chi connectivity index (χ0n) is 17.1. The lowest BCUT2D eigenvalue weighted by Gasteiger charge is -2.38. The molecule has 1 nitrogen and oxygen atoms in total. The van der Waals surface area contributed by atoms with Gasteiger partial charge < -0.3 is 0 Å². The van der Waals surface area contributed by atoms with Gasteiger partial charge >= 0.3 is 0 Å². The van der Waals surface area contributed by atoms with Crippen LogP contribution in [0.25, 0.3) is 10.9 Å². The van der Waals surface area contributed by atoms with Crippen LogP contribution in [0.15, 0.2) is 127 Å². The SMILES string of the molecule is C(#C[B-](c1ccccc1)(c1ccccc1)c1ccccc1)c1ccc2ccccc2n1. The summed E-state index contributed by atoms with van der Waals surface area (Å²) < 4.78 is 0. The van der Waals surface area contributed by atoms with Gasteiger partial charge in [0.2, 0.25) is 0 Å². The second-order valence-corrected chi connectivity index (χ2v) is 7.76. The molecule has 1 aromatic heterocycles. The Labute approximate surface area is 183 Å². The van der Waals surface area contributed by atoms with Crippen molar-refractivity contribution in [2.75, 3.05) is 0 Å². The fourth-order valence-electron chi connectivity index (χ4n) is 4.37. The fourth-order valence-corrected chi connectivity index (χ4v) is 4.37. The lowest BCUT2D eigenvalue weighted by atomic mass is 9.16. The highest BCUT2D eigenvalue weighted by Crippen LogP contribution is 2.12. The first-order valence-corrected chi connectivity index (χ1v) is 10.6. The van der Waals surface area contributed by atoms with Crippen molar-refractivity contribution in [2.45, 2.75) is 0 Å². The van der Waals surface area contributed by atoms with Crippen molar-refractivity contribution in [1.29, 1.82) is 0 Å². The predicted octanol–water partition coefficient (Wildman–Crippen LogP) is 4.30. The maximum Gasteiger partial charge on any atom is 0.149 e. The van der Waals surface area contributed by atoms with E-state index >= 15 is 0 Å². The Morgan fingerprint density at radius 3 is 1.52 bits per heavy atom. The standard InChI is InChI=1S/C29H21BN/c1-4-13-25(14-5-1)30(26-15-6-2-7-16-26,27-17-8-3-9-18-27)23-22-28-21-20-24-12-10-11-19-29(24)31-28/h1-21H/q-1. The average Bonchev–Trinajstić information content (AvgIpc) is 2.86. The molecular weight excluding hydrogens is 373 g/mol. The first-order chi connectivity index (χ1) is 15.4. The molecule has 5 aromatic rings. The summed E-state index contributed by atoms with van der Waals surface area (Å²) >= 11 is 0. The van der Waals surface area contributed by atoms with Crippen LogP contribution in [0.3, 0.4) is 0 Å². The lowest BCUT2D eigenvalue weighted by Crippen LogP contribution is -2.66. The molecule has 0 N–H and O–H groups in total. The van der Waals surface area contributed by atoms with Crippen LogP contribution in [0, 0.1) is 11.7 Å². The molecule has 146 valence electrons. The lowest BCUT2D eigenvalue weighted by molar-refractivity contribution is 1.36. The van der Waals surface area contributed by atoms with Gasteiger partial charge in [0.1, 0.15) is 11.8 Å². The Morgan fingerprint density at radius 2 is 0.968 bits per heavy atom. The van der Waals surface area contributed by atoms with E-state index in [2.05, 4.69) is 115 Å². The van der Waals surface area contributed by atoms with E-state index in [1.807, 2.05) is 24.3 Å². The second-order valence-electron chi connectivity index (χ2n) is 7.76. The van der Waals surface area contributed by atoms with Crippen LogP contribution >= 0.6 is 0 Å². The Morgan fingerprint density at radius 1 is 0.484 bits per heavy atom. The van der Waals surface area contributed by atoms with E-state index in [1.165, 1.54) is 16.4 Å². The summed E-state index contributed by atoms with van der Waals surface area (Å²) in [5, 5.41) is 1.12. The molecule has 0 amide bonds. The summed E-state index contributed by atoms with van der Waals surface area (Å²) in [4.78, 5) is 4.80. The fraction of sp³-hybridized carbons (Fsp3) is 0. The number of hydrogen-bond donors (Lipinski definition) is 0. The molecule has 5 rings (SSSR count). The normalized spacial score (nSPS) is 11.0. The number of fused-ring (bicyclic) bond motifs is 1. The summed E-state index contributed by atoms with van der Waals surface area (Å²) in [7, 11) is 0. The molecule has 4 aromatic carbocycles. The molecule has 0 fully saturated rings. The Bertz CT molecular complexity index is 1270. The van der Waals surface area contributed by atoms with E-state index in [0.717, 1.165) is 16.6 Å². The molecular formula is C29H21BN-. The van der Waals surface area contributed by atoms with Gasteiger partial charge in [-0.1, -0.05) is 121 Å². The Kier molecular flexibility index (Phi) is 5.09. The molecule has 1 heterocycles. The summed E-state index contributed by atoms with van der Waals surface area (Å²) in [6.45, 7) is 0. The molecule has 0 saturated heterocycles. The van der Waals surface area contributed by atoms with Gasteiger partial charge in [-0.05, 0) is 12.1 Å². The van der Waals surface area contributed by atoms with Crippen LogP contribution in [-0.2, 0) is 0 Å². The van der Waals surface area contributed by atoms with Gasteiger partial charge in [-0.2, -0.15) is 16.4 Å². The minimum absolute atomic E-state index is 0.785. The third-order valence-electron chi connectivity index (χ3n) is 5.91. The molecule has 0 saturated carbocycles. The van der Waals surface area contributed by atoms with Gasteiger partial charge in [-0.3, -0.25) is 5.82 Å². The summed E-state index contributed by atoms with van der Waals surface area (Å²) in [5.74, 6) is 7.15. The molecule has 0 atom stereocenters. The zero-order valence-corrected chi connectivity index (χ0v) is 17.1. The number of benzene rings is 4. The minimum atomic E-state index is -1.49. The number of hydrogen-bond acceptors (Lipinski definition) is 1. The molecule has 0 aliphatic carbocycles. The molecule has 2 heteroatoms. The van der Waals surface area contributed by atoms with Crippen LogP contribution in [0.1, 0.15) is 5.69 Å². The largest absolute Gasteiger partial charge is 0.290 e. The van der Waals surface area contributed by atoms with Crippen molar-refractivity contribution < 1.29 is 0 Å². The van der Waals surface area contributed by atoms with Gasteiger partial charge in [0.25, 0.3) is 0 Å². The van der Waals surface area contributed by atoms with Gasteiger partial charge in [0.15, 0.2) is 0 Å². The summed E-state index contributed by atoms with van der Waals surface area (Å²) in [6.07, 6.45) is -1.49. The number of para-hydroxylation sites is 1. The van der Waals surface area contributed by atoms with Gasteiger partial charge in [0.05, 0.1) is 5.52 Å². The van der Waals surface area contributed by atoms with Crippen molar-refractivity contribution in [3.05, 3.63) is 133 Å². The van der Waals surface area contributed by atoms with Crippen LogP contribution < -0.4 is 16.4 Å². The van der Waals surface area contributed by atoms with Crippen LogP contribution in [0.4, 0.5) is 0 Å². The molecule has 0 aliphatic heterocycles. The van der Waals surface area contributed by atoms with Gasteiger partial charge in [-0.25, -0.2) is 4.98 Å². The number of aromatic nitrogens is 1. The maximum absolute atomic E-state index is 4.80. The molecule has 0 aliphatic rings. The van der Waals surface area contributed by atoms with E-state index in [1.54, 1.807) is 0 Å². The van der Waals surface area contributed by atoms with Crippen LogP contribution in [-0.4, -0.2) is 11.1 Å². The van der Waals surface area contributed by atoms with Gasteiger partial charge in [0, 0.05) is 5.39 Å². The smallest absolute Gasteiger partial charge is 0.149 e. The third-order valence-corrected chi connectivity index (χ3v) is 5.91. The monoisotopic (exact) mass is 394 g/mol. The number of rotatable bonds is 3. The van der Waals surface area contributed by atoms with E-state index in [-0.39, 0.29) is 0 Å². The maximum atomic E-state index is 4.80. The highest BCUT2D eigenvalue weighted by molar-refractivity contribution is 7.16. The number of pyridine rings is 1. The van der Waals surface area contributed by atoms with Crippen molar-refractivity contribution in [3.8, 4) is 11.7 Å². The van der Waals surface area contributed by atoms with Crippen LogP contribution in [0.2, 0.25) is 0 Å². The van der Waals surface area contributed by atoms with Crippen molar-refractivity contribution in [2.24, 2.45) is 0 Å². The van der Waals surface area contributed by atoms with Crippen molar-refractivity contribution >= 4 is 33.4 Å². The summed E-state index contributed by atoms with van der Waals surface area (Å²) in [6, 6.07) is 44.1. The molecule has 0 unspecified atom stereocenters. The molecule has 31 heavy (non-hydrogen) atoms. The highest BCUT2D eigenvalue weighted by Gasteiger charge is 2.27. The molecule has 0 spiro atoms. The van der Waals surface area contributed by atoms with E-state index in [9.17, 15) is 0 Å². The first-order valence-electron chi connectivity index (χ1n) is 10.6. The average molecular weight is 394 g/mol. The molecule has 0 radical (unpaired) electrons. The van der Waals surface area contributed by atoms with E-state index in [0.29, 0.717) is 0 Å². The Balaban J connectivity index is 1.77. The van der Waals surface area contributed by atoms with Crippen molar-refractivity contribution in [1.82, 2.24) is 4.98 Å². The van der Waals surface area contributed by atoms with Crippen LogP contribution in [0.5, 0.6) is 0 Å². The predicted molar refractivity (Wildman–Crippen MR) is 133 cm³/mol. The minimum Gasteiger partial charge on any atom is -0.290 e. The van der Waals surface area contributed by atoms with E-state index < -0.39 is 6.15 Å². The highest BCUT2D eigenvalue weighted by atomic mass is 14.7. The Hall–Kier alpha value is -4.09. The first kappa shape index (κ1) is 18.9. The van der Waals surface area contributed by atoms with E-state index in [4.69, 9.17) is 4.98 Å².